The average Bonchev–Trinajstić information content (AvgIpc) is 2.71. The Morgan fingerprint density at radius 3 is 2.94 bits per heavy atom. The van der Waals surface area contributed by atoms with E-state index in [1.807, 2.05) is 21.3 Å². The summed E-state index contributed by atoms with van der Waals surface area (Å²) in [6.45, 7) is 2.27. The quantitative estimate of drug-likeness (QED) is 0.530. The second kappa shape index (κ2) is 5.94. The van der Waals surface area contributed by atoms with Gasteiger partial charge >= 0.3 is 0 Å². The molecule has 0 aliphatic carbocycles. The fraction of sp³-hybridized carbons (Fsp3) is 0.500. The molecule has 1 fully saturated rings. The maximum Gasteiger partial charge on any atom is 0.0463 e. The van der Waals surface area contributed by atoms with E-state index in [4.69, 9.17) is 11.6 Å². The molecule has 1 saturated heterocycles. The van der Waals surface area contributed by atoms with E-state index >= 15 is 0 Å². The zero-order chi connectivity index (χ0) is 11.5. The summed E-state index contributed by atoms with van der Waals surface area (Å²) in [5, 5.41) is 0.843. The highest BCUT2D eigenvalue weighted by Crippen LogP contribution is 2.44. The third-order valence-corrected chi connectivity index (χ3v) is 5.54. The fourth-order valence-corrected chi connectivity index (χ4v) is 5.05. The molecule has 0 amide bonds. The van der Waals surface area contributed by atoms with Crippen LogP contribution in [0.2, 0.25) is 5.02 Å². The predicted molar refractivity (Wildman–Crippen MR) is 81.0 cm³/mol. The Balaban J connectivity index is 2.21. The third-order valence-electron chi connectivity index (χ3n) is 3.22. The van der Waals surface area contributed by atoms with Crippen molar-refractivity contribution in [1.29, 1.82) is 0 Å². The molecule has 2 rings (SSSR count). The molecule has 0 N–H and O–H groups in total. The van der Waals surface area contributed by atoms with Crippen LogP contribution in [0.25, 0.3) is 0 Å². The summed E-state index contributed by atoms with van der Waals surface area (Å²) in [5.41, 5.74) is 1.35. The predicted octanol–water partition coefficient (Wildman–Crippen LogP) is 5.25. The summed E-state index contributed by atoms with van der Waals surface area (Å²) in [7, 11) is 1.83. The van der Waals surface area contributed by atoms with Gasteiger partial charge in [0.25, 0.3) is 0 Å². The summed E-state index contributed by atoms with van der Waals surface area (Å²) >= 11 is 8.45. The minimum Gasteiger partial charge on any atom is -0.231 e. The van der Waals surface area contributed by atoms with Crippen LogP contribution < -0.4 is 0 Å². The largest absolute Gasteiger partial charge is 0.231 e. The molecule has 1 aromatic carbocycles. The molecule has 1 aliphatic rings. The Hall–Kier alpha value is 0.550. The number of hydrogen-bond acceptors (Lipinski definition) is 2. The van der Waals surface area contributed by atoms with Crippen LogP contribution in [0.3, 0.4) is 0 Å². The van der Waals surface area contributed by atoms with E-state index in [1.54, 1.807) is 0 Å². The number of halogens is 2. The van der Waals surface area contributed by atoms with E-state index in [0.29, 0.717) is 12.1 Å². The summed E-state index contributed by atoms with van der Waals surface area (Å²) < 4.78 is 2.52. The van der Waals surface area contributed by atoms with E-state index in [0.717, 1.165) is 5.02 Å². The van der Waals surface area contributed by atoms with Gasteiger partial charge < -0.3 is 0 Å². The van der Waals surface area contributed by atoms with Crippen LogP contribution in [0.4, 0.5) is 0 Å². The van der Waals surface area contributed by atoms with Crippen molar-refractivity contribution < 1.29 is 0 Å². The Bertz CT molecular complexity index is 361. The molecular formula is C12H15ClINS. The zero-order valence-corrected chi connectivity index (χ0v) is 12.9. The number of benzene rings is 1. The van der Waals surface area contributed by atoms with Crippen LogP contribution in [-0.2, 0) is 0 Å². The van der Waals surface area contributed by atoms with E-state index in [-0.39, 0.29) is 0 Å². The third kappa shape index (κ3) is 2.68. The summed E-state index contributed by atoms with van der Waals surface area (Å²) in [6, 6.07) is 9.53. The van der Waals surface area contributed by atoms with Gasteiger partial charge in [0, 0.05) is 38.3 Å². The van der Waals surface area contributed by atoms with Gasteiger partial charge in [0.15, 0.2) is 0 Å². The topological polar surface area (TPSA) is 3.24 Å². The molecule has 1 aliphatic heterocycles. The van der Waals surface area contributed by atoms with Gasteiger partial charge in [-0.1, -0.05) is 30.7 Å². The lowest BCUT2D eigenvalue weighted by Crippen LogP contribution is -2.23. The monoisotopic (exact) mass is 367 g/mol. The molecule has 1 nitrogen and oxygen atoms in total. The average molecular weight is 368 g/mol. The van der Waals surface area contributed by atoms with Crippen molar-refractivity contribution in [3.05, 3.63) is 34.9 Å². The van der Waals surface area contributed by atoms with Crippen molar-refractivity contribution in [2.45, 2.75) is 38.3 Å². The minimum absolute atomic E-state index is 0.533. The van der Waals surface area contributed by atoms with Crippen LogP contribution in [0.5, 0.6) is 0 Å². The first-order chi connectivity index (χ1) is 7.76. The van der Waals surface area contributed by atoms with E-state index in [9.17, 15) is 0 Å². The summed E-state index contributed by atoms with van der Waals surface area (Å²) in [6.07, 6.45) is 3.77. The van der Waals surface area contributed by atoms with Gasteiger partial charge in [-0.3, -0.25) is 0 Å². The second-order valence-electron chi connectivity index (χ2n) is 4.14. The van der Waals surface area contributed by atoms with Crippen molar-refractivity contribution in [2.24, 2.45) is 0 Å². The van der Waals surface area contributed by atoms with Crippen LogP contribution in [0, 0.1) is 0 Å². The van der Waals surface area contributed by atoms with Crippen molar-refractivity contribution in [3.63, 3.8) is 0 Å². The fourth-order valence-electron chi connectivity index (χ4n) is 2.38. The maximum absolute atomic E-state index is 6.06. The van der Waals surface area contributed by atoms with Crippen LogP contribution in [-0.4, -0.2) is 10.3 Å². The first-order valence-electron chi connectivity index (χ1n) is 5.58. The lowest BCUT2D eigenvalue weighted by molar-refractivity contribution is 0.360. The molecule has 2 unspecified atom stereocenters. The van der Waals surface area contributed by atoms with Crippen molar-refractivity contribution in [2.75, 3.05) is 0 Å². The van der Waals surface area contributed by atoms with Crippen molar-refractivity contribution in [3.8, 4) is 0 Å². The first kappa shape index (κ1) is 13.0. The number of rotatable bonds is 3. The summed E-state index contributed by atoms with van der Waals surface area (Å²) in [4.78, 5) is 0. The van der Waals surface area contributed by atoms with Crippen LogP contribution in [0.15, 0.2) is 24.3 Å². The molecule has 4 heteroatoms. The highest BCUT2D eigenvalue weighted by molar-refractivity contribution is 14.2. The highest BCUT2D eigenvalue weighted by atomic mass is 127. The molecule has 0 aromatic heterocycles. The first-order valence-corrected chi connectivity index (χ1v) is 9.28. The van der Waals surface area contributed by atoms with Gasteiger partial charge in [0.1, 0.15) is 0 Å². The smallest absolute Gasteiger partial charge is 0.0463 e. The molecule has 0 radical (unpaired) electrons. The lowest BCUT2D eigenvalue weighted by Gasteiger charge is -2.26. The summed E-state index contributed by atoms with van der Waals surface area (Å²) in [5.74, 6) is 0. The van der Waals surface area contributed by atoms with Gasteiger partial charge in [0.05, 0.1) is 0 Å². The van der Waals surface area contributed by atoms with Crippen molar-refractivity contribution >= 4 is 41.9 Å². The highest BCUT2D eigenvalue weighted by Gasteiger charge is 2.33. The molecule has 0 saturated carbocycles. The van der Waals surface area contributed by atoms with E-state index < -0.39 is 0 Å². The van der Waals surface area contributed by atoms with Gasteiger partial charge in [-0.15, -0.1) is 0 Å². The molecule has 88 valence electrons. The maximum atomic E-state index is 6.06. The van der Waals surface area contributed by atoms with E-state index in [2.05, 4.69) is 44.6 Å². The van der Waals surface area contributed by atoms with Crippen LogP contribution >= 0.6 is 41.9 Å². The Labute approximate surface area is 119 Å². The Morgan fingerprint density at radius 2 is 2.31 bits per heavy atom. The van der Waals surface area contributed by atoms with Crippen LogP contribution in [0.1, 0.15) is 37.8 Å². The molecule has 0 bridgehead atoms. The van der Waals surface area contributed by atoms with Gasteiger partial charge in [-0.05, 0) is 46.1 Å². The van der Waals surface area contributed by atoms with Crippen molar-refractivity contribution in [1.82, 2.24) is 4.31 Å². The second-order valence-corrected chi connectivity index (χ2v) is 6.32. The number of nitrogens with zero attached hydrogens (tertiary/aromatic N) is 1. The standard InChI is InChI=1S/C12H15ClINS/c1-2-11-6-7-12(15(11)16-14)9-4-3-5-10(13)8-9/h3-5,8,11-12H,2,6-7H2,1H3. The Morgan fingerprint density at radius 1 is 1.50 bits per heavy atom. The molecule has 16 heavy (non-hydrogen) atoms. The molecular weight excluding hydrogens is 353 g/mol. The van der Waals surface area contributed by atoms with Gasteiger partial charge in [0.2, 0.25) is 0 Å². The van der Waals surface area contributed by atoms with E-state index in [1.165, 1.54) is 24.8 Å². The minimum atomic E-state index is 0.533. The molecule has 0 spiro atoms. The number of hydrogen-bond donors (Lipinski definition) is 0. The van der Waals surface area contributed by atoms with Gasteiger partial charge in [-0.2, -0.15) is 0 Å². The molecule has 1 aromatic rings. The molecule has 1 heterocycles. The molecule has 2 atom stereocenters. The van der Waals surface area contributed by atoms with Gasteiger partial charge in [-0.25, -0.2) is 4.31 Å². The Kier molecular flexibility index (Phi) is 4.82. The lowest BCUT2D eigenvalue weighted by atomic mass is 10.1. The SMILES string of the molecule is CCC1CCC(c2cccc(Cl)c2)N1SI. The zero-order valence-electron chi connectivity index (χ0n) is 9.20. The normalized spacial score (nSPS) is 26.2.